The van der Waals surface area contributed by atoms with Gasteiger partial charge in [0.2, 0.25) is 5.91 Å². The fourth-order valence-electron chi connectivity index (χ4n) is 3.20. The number of hydrogen-bond acceptors (Lipinski definition) is 2. The molecule has 1 unspecified atom stereocenters. The number of carbonyl (C=O) groups is 2. The number of benzene rings is 1. The van der Waals surface area contributed by atoms with Gasteiger partial charge in [-0.3, -0.25) is 9.59 Å². The Morgan fingerprint density at radius 1 is 1.26 bits per heavy atom. The largest absolute Gasteiger partial charge is 0.406 e. The topological polar surface area (TPSA) is 40.6 Å². The van der Waals surface area contributed by atoms with Gasteiger partial charge in [-0.1, -0.05) is 6.08 Å². The zero-order chi connectivity index (χ0) is 17.0. The highest BCUT2D eigenvalue weighted by Crippen LogP contribution is 2.48. The number of anilines is 1. The Balaban J connectivity index is 2.22. The first-order valence-electron chi connectivity index (χ1n) is 6.80. The van der Waals surface area contributed by atoms with Crippen molar-refractivity contribution in [2.24, 2.45) is 0 Å². The Kier molecular flexibility index (Phi) is 3.24. The molecule has 4 nitrogen and oxygen atoms in total. The van der Waals surface area contributed by atoms with E-state index in [0.717, 1.165) is 23.1 Å². The van der Waals surface area contributed by atoms with Crippen molar-refractivity contribution in [3.8, 4) is 0 Å². The summed E-state index contributed by atoms with van der Waals surface area (Å²) < 4.78 is 52.4. The number of alkyl halides is 3. The van der Waals surface area contributed by atoms with Crippen molar-refractivity contribution in [3.05, 3.63) is 41.7 Å². The second-order valence-corrected chi connectivity index (χ2v) is 5.53. The van der Waals surface area contributed by atoms with Crippen LogP contribution in [0.2, 0.25) is 0 Å². The third kappa shape index (κ3) is 2.20. The summed E-state index contributed by atoms with van der Waals surface area (Å²) in [6.45, 7) is -1.58. The number of amides is 2. The Morgan fingerprint density at radius 3 is 2.61 bits per heavy atom. The summed E-state index contributed by atoms with van der Waals surface area (Å²) in [5.41, 5.74) is -1.48. The van der Waals surface area contributed by atoms with Gasteiger partial charge >= 0.3 is 6.18 Å². The van der Waals surface area contributed by atoms with Crippen LogP contribution in [0.25, 0.3) is 0 Å². The van der Waals surface area contributed by atoms with Gasteiger partial charge in [0.05, 0.1) is 0 Å². The molecule has 2 heterocycles. The van der Waals surface area contributed by atoms with Crippen molar-refractivity contribution in [1.82, 2.24) is 4.90 Å². The fourth-order valence-corrected chi connectivity index (χ4v) is 3.20. The first-order valence-corrected chi connectivity index (χ1v) is 6.80. The van der Waals surface area contributed by atoms with Crippen LogP contribution in [0.15, 0.2) is 30.4 Å². The molecule has 0 aliphatic carbocycles. The zero-order valence-electron chi connectivity index (χ0n) is 12.0. The van der Waals surface area contributed by atoms with Gasteiger partial charge in [-0.15, -0.1) is 0 Å². The third-order valence-corrected chi connectivity index (χ3v) is 4.16. The minimum atomic E-state index is -4.68. The molecule has 0 fully saturated rings. The second-order valence-electron chi connectivity index (χ2n) is 5.53. The molecule has 122 valence electrons. The molecule has 2 aliphatic heterocycles. The van der Waals surface area contributed by atoms with E-state index < -0.39 is 35.9 Å². The molecule has 23 heavy (non-hydrogen) atoms. The van der Waals surface area contributed by atoms with Crippen molar-refractivity contribution >= 4 is 17.5 Å². The first kappa shape index (κ1) is 15.5. The van der Waals surface area contributed by atoms with Gasteiger partial charge in [-0.05, 0) is 24.3 Å². The number of nitrogens with zero attached hydrogens (tertiary/aromatic N) is 2. The summed E-state index contributed by atoms with van der Waals surface area (Å²) in [6, 6.07) is 3.47. The van der Waals surface area contributed by atoms with Gasteiger partial charge in [0.25, 0.3) is 5.91 Å². The van der Waals surface area contributed by atoms with Crippen LogP contribution in [-0.4, -0.2) is 36.5 Å². The number of carbonyl (C=O) groups excluding carboxylic acids is 2. The Morgan fingerprint density at radius 2 is 1.96 bits per heavy atom. The van der Waals surface area contributed by atoms with Crippen molar-refractivity contribution in [2.75, 3.05) is 18.5 Å². The predicted octanol–water partition coefficient (Wildman–Crippen LogP) is 2.35. The lowest BCUT2D eigenvalue weighted by molar-refractivity contribution is -0.174. The van der Waals surface area contributed by atoms with Crippen molar-refractivity contribution in [2.45, 2.75) is 18.1 Å². The minimum absolute atomic E-state index is 0.0759. The molecule has 0 aromatic heterocycles. The molecule has 0 saturated heterocycles. The van der Waals surface area contributed by atoms with E-state index in [0.29, 0.717) is 10.6 Å². The van der Waals surface area contributed by atoms with Crippen molar-refractivity contribution < 1.29 is 27.2 Å². The minimum Gasteiger partial charge on any atom is -0.313 e. The molecule has 0 N–H and O–H groups in total. The molecule has 1 aromatic rings. The summed E-state index contributed by atoms with van der Waals surface area (Å²) in [5.74, 6) is -2.28. The molecule has 0 bridgehead atoms. The van der Waals surface area contributed by atoms with E-state index in [2.05, 4.69) is 0 Å². The zero-order valence-corrected chi connectivity index (χ0v) is 12.0. The number of fused-ring (bicyclic) bond motifs is 2. The van der Waals surface area contributed by atoms with Crippen molar-refractivity contribution in [3.63, 3.8) is 0 Å². The van der Waals surface area contributed by atoms with Gasteiger partial charge in [0.1, 0.15) is 12.4 Å². The van der Waals surface area contributed by atoms with Crippen molar-refractivity contribution in [1.29, 1.82) is 0 Å². The van der Waals surface area contributed by atoms with E-state index in [1.807, 2.05) is 0 Å². The lowest BCUT2D eigenvalue weighted by atomic mass is 9.83. The highest BCUT2D eigenvalue weighted by atomic mass is 19.4. The van der Waals surface area contributed by atoms with E-state index in [1.165, 1.54) is 19.2 Å². The quantitative estimate of drug-likeness (QED) is 0.743. The molecule has 0 saturated carbocycles. The molecule has 2 amide bonds. The van der Waals surface area contributed by atoms with Crippen LogP contribution in [0, 0.1) is 5.82 Å². The second kappa shape index (κ2) is 4.81. The lowest BCUT2D eigenvalue weighted by Crippen LogP contribution is -2.58. The van der Waals surface area contributed by atoms with Crippen LogP contribution in [0.1, 0.15) is 12.0 Å². The van der Waals surface area contributed by atoms with E-state index in [4.69, 9.17) is 0 Å². The molecular weight excluding hydrogens is 316 g/mol. The molecule has 0 radical (unpaired) electrons. The molecule has 8 heteroatoms. The van der Waals surface area contributed by atoms with Gasteiger partial charge in [0.15, 0.2) is 5.54 Å². The smallest absolute Gasteiger partial charge is 0.313 e. The fraction of sp³-hybridized carbons (Fsp3) is 0.333. The Hall–Kier alpha value is -2.38. The van der Waals surface area contributed by atoms with Crippen LogP contribution >= 0.6 is 0 Å². The monoisotopic (exact) mass is 328 g/mol. The summed E-state index contributed by atoms with van der Waals surface area (Å²) >= 11 is 0. The summed E-state index contributed by atoms with van der Waals surface area (Å²) in [7, 11) is 1.39. The Bertz CT molecular complexity index is 729. The summed E-state index contributed by atoms with van der Waals surface area (Å²) in [6.07, 6.45) is -2.46. The third-order valence-electron chi connectivity index (χ3n) is 4.16. The number of halogens is 4. The van der Waals surface area contributed by atoms with Gasteiger partial charge in [0, 0.05) is 24.7 Å². The highest BCUT2D eigenvalue weighted by molar-refractivity contribution is 6.10. The van der Waals surface area contributed by atoms with Gasteiger partial charge in [-0.2, -0.15) is 13.2 Å². The average molecular weight is 328 g/mol. The van der Waals surface area contributed by atoms with Crippen LogP contribution in [0.3, 0.4) is 0 Å². The van der Waals surface area contributed by atoms with Crippen LogP contribution in [0.5, 0.6) is 0 Å². The maximum absolute atomic E-state index is 13.6. The normalized spacial score (nSPS) is 23.9. The molecule has 1 aromatic carbocycles. The summed E-state index contributed by atoms with van der Waals surface area (Å²) in [4.78, 5) is 26.4. The molecule has 2 aliphatic rings. The van der Waals surface area contributed by atoms with Crippen LogP contribution in [-0.2, 0) is 15.1 Å². The van der Waals surface area contributed by atoms with Crippen LogP contribution < -0.4 is 4.90 Å². The van der Waals surface area contributed by atoms with Gasteiger partial charge in [-0.25, -0.2) is 4.39 Å². The van der Waals surface area contributed by atoms with Crippen LogP contribution in [0.4, 0.5) is 23.2 Å². The lowest BCUT2D eigenvalue weighted by Gasteiger charge is -2.41. The van der Waals surface area contributed by atoms with E-state index in [1.54, 1.807) is 0 Å². The van der Waals surface area contributed by atoms with E-state index >= 15 is 0 Å². The first-order chi connectivity index (χ1) is 10.7. The average Bonchev–Trinajstić information content (AvgIpc) is 2.65. The van der Waals surface area contributed by atoms with E-state index in [-0.39, 0.29) is 12.0 Å². The number of rotatable bonds is 1. The number of likely N-dealkylation sites (N-methyl/N-ethyl adjacent to an activating group) is 1. The Labute approximate surface area is 129 Å². The molecule has 1 atom stereocenters. The standard InChI is InChI=1S/C15H12F4N2O2/c1-20-11-5-4-9(16)7-10(11)14(13(20)23)6-2-3-12(22)21(14)8-15(17,18)19/h2-5,7H,6,8H2,1H3. The van der Waals surface area contributed by atoms with E-state index in [9.17, 15) is 27.2 Å². The maximum Gasteiger partial charge on any atom is 0.406 e. The SMILES string of the molecule is CN1C(=O)C2(CC=CC(=O)N2CC(F)(F)F)c2cc(F)ccc21. The maximum atomic E-state index is 13.6. The highest BCUT2D eigenvalue weighted by Gasteiger charge is 2.57. The molecule has 1 spiro atoms. The predicted molar refractivity (Wildman–Crippen MR) is 73.0 cm³/mol. The summed E-state index contributed by atoms with van der Waals surface area (Å²) in [5, 5.41) is 0. The van der Waals surface area contributed by atoms with Gasteiger partial charge < -0.3 is 9.80 Å². The molecule has 3 rings (SSSR count). The number of hydrogen-bond donors (Lipinski definition) is 0. The molecular formula is C15H12F4N2O2.